The fourth-order valence-electron chi connectivity index (χ4n) is 12.5. The largest absolute Gasteiger partial charge is 0.460 e. The van der Waals surface area contributed by atoms with E-state index in [2.05, 4.69) is 19.1 Å². The normalized spacial score (nSPS) is 40.1. The molecule has 3 saturated heterocycles. The Kier molecular flexibility index (Phi) is 25.5. The van der Waals surface area contributed by atoms with Gasteiger partial charge in [0.25, 0.3) is 11.7 Å². The van der Waals surface area contributed by atoms with Crippen LogP contribution in [-0.4, -0.2) is 152 Å². The minimum Gasteiger partial charge on any atom is -0.460 e. The van der Waals surface area contributed by atoms with E-state index in [4.69, 9.17) is 37.9 Å². The van der Waals surface area contributed by atoms with Crippen molar-refractivity contribution in [1.29, 1.82) is 0 Å². The van der Waals surface area contributed by atoms with Gasteiger partial charge in [0.2, 0.25) is 5.79 Å². The van der Waals surface area contributed by atoms with E-state index < -0.39 is 83.9 Å². The van der Waals surface area contributed by atoms with Gasteiger partial charge >= 0.3 is 5.97 Å². The first-order valence-corrected chi connectivity index (χ1v) is 28.7. The first kappa shape index (κ1) is 62.9. The first-order valence-electron chi connectivity index (χ1n) is 28.7. The van der Waals surface area contributed by atoms with Gasteiger partial charge in [0.05, 0.1) is 49.8 Å². The fourth-order valence-corrected chi connectivity index (χ4v) is 12.5. The number of allylic oxidation sites excluding steroid dienone is 4. The summed E-state index contributed by atoms with van der Waals surface area (Å²) in [6, 6.07) is -1.10. The number of rotatable bonds is 11. The van der Waals surface area contributed by atoms with Gasteiger partial charge in [0, 0.05) is 58.5 Å². The molecule has 19 atom stereocenters. The summed E-state index contributed by atoms with van der Waals surface area (Å²) in [5, 5.41) is 21.1. The maximum absolute atomic E-state index is 15.3. The van der Waals surface area contributed by atoms with Crippen molar-refractivity contribution in [3.63, 3.8) is 0 Å². The van der Waals surface area contributed by atoms with Crippen molar-refractivity contribution in [2.75, 3.05) is 41.1 Å². The van der Waals surface area contributed by atoms with Crippen molar-refractivity contribution in [1.82, 2.24) is 4.90 Å². The summed E-state index contributed by atoms with van der Waals surface area (Å²) < 4.78 is 49.9. The number of piperidine rings is 1. The molecule has 0 aromatic heterocycles. The average Bonchev–Trinajstić information content (AvgIpc) is 3.39. The van der Waals surface area contributed by atoms with Crippen molar-refractivity contribution < 1.29 is 72.1 Å². The van der Waals surface area contributed by atoms with Crippen LogP contribution >= 0.6 is 0 Å². The minimum atomic E-state index is -1.99. The summed E-state index contributed by atoms with van der Waals surface area (Å²) in [4.78, 5) is 74.8. The summed E-state index contributed by atoms with van der Waals surface area (Å²) >= 11 is 0. The summed E-state index contributed by atoms with van der Waals surface area (Å²) in [7, 11) is 4.74. The van der Waals surface area contributed by atoms with Crippen LogP contribution in [0.5, 0.6) is 0 Å². The Bertz CT molecular complexity index is 1880. The predicted octanol–water partition coefficient (Wildman–Crippen LogP) is 8.30. The highest BCUT2D eigenvalue weighted by molar-refractivity contribution is 6.39. The zero-order valence-corrected chi connectivity index (χ0v) is 47.5. The van der Waals surface area contributed by atoms with E-state index in [1.54, 1.807) is 21.1 Å². The van der Waals surface area contributed by atoms with E-state index in [1.165, 1.54) is 12.0 Å². The average molecular weight is 1060 g/mol. The Morgan fingerprint density at radius 2 is 1.52 bits per heavy atom. The highest BCUT2D eigenvalue weighted by Crippen LogP contribution is 2.42. The number of ether oxygens (including phenoxy) is 8. The number of methoxy groups -OCH3 is 3. The number of aliphatic hydroxyl groups excluding tert-OH is 2. The lowest BCUT2D eigenvalue weighted by Gasteiger charge is -2.47. The van der Waals surface area contributed by atoms with Crippen molar-refractivity contribution in [3.05, 3.63) is 24.3 Å². The number of aliphatic hydroxyl groups is 2. The number of ketones is 3. The molecule has 2 N–H and O–H groups in total. The maximum Gasteiger partial charge on any atom is 0.329 e. The van der Waals surface area contributed by atoms with E-state index in [0.29, 0.717) is 70.6 Å². The number of cyclic esters (lactones) is 1. The number of nitrogens with zero attached hydrogens (tertiary/aromatic N) is 1. The molecule has 4 heterocycles. The molecule has 1 aliphatic carbocycles. The van der Waals surface area contributed by atoms with Crippen LogP contribution in [0.25, 0.3) is 0 Å². The van der Waals surface area contributed by atoms with Crippen LogP contribution < -0.4 is 0 Å². The third kappa shape index (κ3) is 17.3. The van der Waals surface area contributed by atoms with Gasteiger partial charge in [-0.05, 0) is 133 Å². The maximum atomic E-state index is 15.3. The molecule has 5 rings (SSSR count). The Morgan fingerprint density at radius 1 is 0.773 bits per heavy atom. The number of fused-ring (bicyclic) bond motifs is 3. The Hall–Kier alpha value is -2.93. The Morgan fingerprint density at radius 3 is 2.21 bits per heavy atom. The SMILES string of the molecule is CO[C@H]1C[C@@H]2CC[C@@H](C)[C@@](O[C@H]3CCC[C@@H](C)O3)(O2)C(=O)C(=O)N2CCCC[C@H]2C(=O)OC([C@H](C)C[C@@H]2CC[C@@H](OCCO)[C@H](OC)C2)CC(=O)[C@H](C)CC(C)[C@@H](O)[C@@H](OC)C(=O)[C@H](C)C[C@H](C)/C=C/C=CCC1C. The van der Waals surface area contributed by atoms with Gasteiger partial charge < -0.3 is 53.0 Å². The van der Waals surface area contributed by atoms with E-state index in [9.17, 15) is 24.6 Å². The van der Waals surface area contributed by atoms with E-state index in [-0.39, 0.29) is 98.7 Å². The third-order valence-electron chi connectivity index (χ3n) is 17.3. The third-order valence-corrected chi connectivity index (χ3v) is 17.3. The van der Waals surface area contributed by atoms with Crippen molar-refractivity contribution >= 4 is 29.2 Å². The van der Waals surface area contributed by atoms with Crippen molar-refractivity contribution in [2.45, 2.75) is 231 Å². The Labute approximate surface area is 449 Å². The molecule has 2 bridgehead atoms. The molecule has 0 radical (unpaired) electrons. The molecule has 4 aliphatic heterocycles. The molecule has 16 nitrogen and oxygen atoms in total. The summed E-state index contributed by atoms with van der Waals surface area (Å²) in [5.74, 6) is -6.86. The van der Waals surface area contributed by atoms with E-state index in [1.807, 2.05) is 53.7 Å². The van der Waals surface area contributed by atoms with E-state index in [0.717, 1.165) is 19.3 Å². The van der Waals surface area contributed by atoms with Crippen LogP contribution in [0.15, 0.2) is 24.3 Å². The molecule has 75 heavy (non-hydrogen) atoms. The van der Waals surface area contributed by atoms with Gasteiger partial charge in [-0.15, -0.1) is 0 Å². The van der Waals surface area contributed by atoms with Crippen LogP contribution in [0.1, 0.15) is 165 Å². The zero-order valence-electron chi connectivity index (χ0n) is 47.5. The lowest BCUT2D eigenvalue weighted by molar-refractivity contribution is -0.346. The van der Waals surface area contributed by atoms with Gasteiger partial charge in [-0.1, -0.05) is 72.8 Å². The van der Waals surface area contributed by atoms with Crippen LogP contribution in [0.3, 0.4) is 0 Å². The monoisotopic (exact) mass is 1060 g/mol. The topological polar surface area (TPSA) is 203 Å². The lowest BCUT2D eigenvalue weighted by Crippen LogP contribution is -2.63. The minimum absolute atomic E-state index is 0.0520. The molecule has 3 unspecified atom stereocenters. The quantitative estimate of drug-likeness (QED) is 0.148. The standard InChI is InChI=1S/C59H97NO15/c1-36-18-13-12-14-19-37(2)49(68-9)34-45-25-23-42(7)59(74-45,75-52-22-17-20-43(8)72-52)56(65)57(66)60-27-16-15-21-46(60)58(67)73-50(39(4)32-44-24-26-48(71-29-28-61)51(33-44)69-10)35-47(62)38(3)31-41(6)54(64)55(70-11)53(63)40(5)30-36/h12-14,18,36-46,48-52,54-55,61,64H,15-17,19-35H2,1-11H3/b14-12?,18-13+/t36-,37?,38-,39-,40-,41?,42-,43-,44+,45+,46+,48-,49+,50?,51-,52+,54-,55+,59+/m1/s1. The number of amides is 1. The highest BCUT2D eigenvalue weighted by Gasteiger charge is 2.57. The lowest BCUT2D eigenvalue weighted by atomic mass is 9.78. The number of carbonyl (C=O) groups excluding carboxylic acids is 5. The molecule has 0 aromatic carbocycles. The number of carbonyl (C=O) groups is 5. The summed E-state index contributed by atoms with van der Waals surface area (Å²) in [6.07, 6.45) is 12.4. The second kappa shape index (κ2) is 30.4. The molecular formula is C59H97NO15. The van der Waals surface area contributed by atoms with Gasteiger partial charge in [0.15, 0.2) is 12.1 Å². The molecule has 428 valence electrons. The van der Waals surface area contributed by atoms with Crippen LogP contribution in [0.2, 0.25) is 0 Å². The highest BCUT2D eigenvalue weighted by atomic mass is 16.8. The summed E-state index contributed by atoms with van der Waals surface area (Å²) in [5.41, 5.74) is 0. The van der Waals surface area contributed by atoms with Crippen molar-refractivity contribution in [3.8, 4) is 0 Å². The number of esters is 1. The molecule has 4 fully saturated rings. The van der Waals surface area contributed by atoms with E-state index >= 15 is 9.59 Å². The molecule has 0 spiro atoms. The smallest absolute Gasteiger partial charge is 0.329 e. The first-order chi connectivity index (χ1) is 35.8. The fraction of sp³-hybridized carbons (Fsp3) is 0.847. The molecule has 16 heteroatoms. The molecular weight excluding hydrogens is 963 g/mol. The van der Waals surface area contributed by atoms with Crippen LogP contribution in [0, 0.1) is 47.3 Å². The second-order valence-corrected chi connectivity index (χ2v) is 23.4. The number of hydrogen-bond acceptors (Lipinski definition) is 15. The second-order valence-electron chi connectivity index (χ2n) is 23.4. The molecule has 1 saturated carbocycles. The zero-order chi connectivity index (χ0) is 55.0. The predicted molar refractivity (Wildman–Crippen MR) is 283 cm³/mol. The molecule has 5 aliphatic rings. The van der Waals surface area contributed by atoms with Gasteiger partial charge in [-0.3, -0.25) is 19.2 Å². The van der Waals surface area contributed by atoms with Gasteiger partial charge in [-0.25, -0.2) is 4.79 Å². The van der Waals surface area contributed by atoms with Gasteiger partial charge in [-0.2, -0.15) is 0 Å². The van der Waals surface area contributed by atoms with Crippen LogP contribution in [-0.2, 0) is 61.9 Å². The van der Waals surface area contributed by atoms with Gasteiger partial charge in [0.1, 0.15) is 24.0 Å². The summed E-state index contributed by atoms with van der Waals surface area (Å²) in [6.45, 7) is 15.7. The number of Topliss-reactive ketones (excluding diaryl/α,β-unsaturated/α-hetero) is 3. The number of hydrogen-bond donors (Lipinski definition) is 2. The van der Waals surface area contributed by atoms with Crippen LogP contribution in [0.4, 0.5) is 0 Å². The van der Waals surface area contributed by atoms with Crippen molar-refractivity contribution in [2.24, 2.45) is 47.3 Å². The molecule has 0 aromatic rings. The molecule has 1 amide bonds. The Balaban J connectivity index is 1.50.